The van der Waals surface area contributed by atoms with Crippen LogP contribution < -0.4 is 16.4 Å². The van der Waals surface area contributed by atoms with Crippen LogP contribution in [0.1, 0.15) is 13.8 Å². The van der Waals surface area contributed by atoms with Crippen LogP contribution in [0.5, 0.6) is 0 Å². The van der Waals surface area contributed by atoms with Crippen molar-refractivity contribution < 1.29 is 4.79 Å². The standard InChI is InChI=1S/C15H14N4O2/c1-9-14(10(2)20)17-18-15-16-13(21)8-12(19(9)15)11-6-4-3-5-7-11/h3-8,17H,1-2H3,(H,16,18,21). The van der Waals surface area contributed by atoms with Crippen LogP contribution in [0.2, 0.25) is 0 Å². The minimum absolute atomic E-state index is 0.0941. The molecule has 0 spiro atoms. The van der Waals surface area contributed by atoms with Crippen molar-refractivity contribution in [2.75, 3.05) is 5.43 Å². The van der Waals surface area contributed by atoms with E-state index < -0.39 is 0 Å². The Labute approximate surface area is 121 Å². The van der Waals surface area contributed by atoms with Gasteiger partial charge in [0.2, 0.25) is 5.95 Å². The Kier molecular flexibility index (Phi) is 3.06. The summed E-state index contributed by atoms with van der Waals surface area (Å²) in [6, 6.07) is 11.0. The Hall–Kier alpha value is -2.89. The molecule has 0 fully saturated rings. The summed E-state index contributed by atoms with van der Waals surface area (Å²) in [4.78, 5) is 27.4. The van der Waals surface area contributed by atoms with Gasteiger partial charge < -0.3 is 0 Å². The van der Waals surface area contributed by atoms with Gasteiger partial charge in [0, 0.05) is 13.0 Å². The molecule has 6 heteroatoms. The van der Waals surface area contributed by atoms with Crippen molar-refractivity contribution in [1.29, 1.82) is 0 Å². The number of fused-ring (bicyclic) bond motifs is 1. The molecular weight excluding hydrogens is 268 g/mol. The summed E-state index contributed by atoms with van der Waals surface area (Å²) in [5, 5.41) is 0. The van der Waals surface area contributed by atoms with Crippen molar-refractivity contribution in [3.63, 3.8) is 0 Å². The van der Waals surface area contributed by atoms with E-state index in [2.05, 4.69) is 15.8 Å². The number of nitrogens with zero attached hydrogens (tertiary/aromatic N) is 2. The molecular formula is C15H14N4O2. The third kappa shape index (κ3) is 2.20. The molecule has 0 atom stereocenters. The van der Waals surface area contributed by atoms with E-state index in [-0.39, 0.29) is 11.3 Å². The molecule has 2 N–H and O–H groups in total. The van der Waals surface area contributed by atoms with E-state index in [1.165, 1.54) is 13.0 Å². The number of carbonyl (C=O) groups is 1. The molecule has 1 aliphatic rings. The quantitative estimate of drug-likeness (QED) is 0.875. The lowest BCUT2D eigenvalue weighted by Crippen LogP contribution is -2.35. The zero-order valence-corrected chi connectivity index (χ0v) is 11.7. The molecule has 1 aromatic carbocycles. The summed E-state index contributed by atoms with van der Waals surface area (Å²) in [6.45, 7) is 3.29. The number of ketones is 1. The number of allylic oxidation sites excluding steroid dienone is 2. The fraction of sp³-hybridized carbons (Fsp3) is 0.133. The van der Waals surface area contributed by atoms with Gasteiger partial charge in [-0.25, -0.2) is 0 Å². The molecule has 6 nitrogen and oxygen atoms in total. The number of aromatic nitrogens is 2. The van der Waals surface area contributed by atoms with Crippen LogP contribution in [0.25, 0.3) is 17.0 Å². The minimum atomic E-state index is -0.339. The fourth-order valence-electron chi connectivity index (χ4n) is 2.39. The molecule has 3 rings (SSSR count). The van der Waals surface area contributed by atoms with Crippen LogP contribution in [0.3, 0.4) is 0 Å². The van der Waals surface area contributed by atoms with E-state index in [4.69, 9.17) is 0 Å². The Morgan fingerprint density at radius 3 is 2.57 bits per heavy atom. The van der Waals surface area contributed by atoms with Crippen LogP contribution in [-0.2, 0) is 4.79 Å². The van der Waals surface area contributed by atoms with E-state index in [1.54, 1.807) is 4.57 Å². The number of carbonyl (C=O) groups excluding carboxylic acids is 1. The topological polar surface area (TPSA) is 76.0 Å². The molecule has 0 aliphatic carbocycles. The zero-order valence-electron chi connectivity index (χ0n) is 11.7. The molecule has 2 aromatic rings. The summed E-state index contributed by atoms with van der Waals surface area (Å²) < 4.78 is 1.77. The van der Waals surface area contributed by atoms with Gasteiger partial charge in [-0.2, -0.15) is 4.98 Å². The molecule has 0 radical (unpaired) electrons. The highest BCUT2D eigenvalue weighted by molar-refractivity contribution is 5.99. The van der Waals surface area contributed by atoms with Gasteiger partial charge in [-0.15, -0.1) is 0 Å². The van der Waals surface area contributed by atoms with Crippen molar-refractivity contribution in [2.24, 2.45) is 0 Å². The van der Waals surface area contributed by atoms with E-state index in [1.807, 2.05) is 37.3 Å². The van der Waals surface area contributed by atoms with Gasteiger partial charge in [0.25, 0.3) is 5.56 Å². The number of nitrogens with one attached hydrogen (secondary N) is 2. The minimum Gasteiger partial charge on any atom is -0.293 e. The van der Waals surface area contributed by atoms with Crippen LogP contribution in [0.4, 0.5) is 5.95 Å². The molecule has 106 valence electrons. The number of rotatable bonds is 2. The Morgan fingerprint density at radius 1 is 1.19 bits per heavy atom. The zero-order chi connectivity index (χ0) is 15.0. The lowest BCUT2D eigenvalue weighted by atomic mass is 10.1. The molecule has 0 saturated heterocycles. The SMILES string of the molecule is CC(=O)C1=C(C)n2c(-c3ccccc3)cc(=O)nc2NN1. The second-order valence-electron chi connectivity index (χ2n) is 4.77. The number of anilines is 1. The van der Waals surface area contributed by atoms with Gasteiger partial charge in [0.1, 0.15) is 5.70 Å². The number of hydrazine groups is 1. The smallest absolute Gasteiger partial charge is 0.275 e. The predicted molar refractivity (Wildman–Crippen MR) is 80.3 cm³/mol. The molecule has 1 aliphatic heterocycles. The largest absolute Gasteiger partial charge is 0.293 e. The highest BCUT2D eigenvalue weighted by atomic mass is 16.1. The maximum Gasteiger partial charge on any atom is 0.275 e. The number of hydrogen-bond acceptors (Lipinski definition) is 5. The predicted octanol–water partition coefficient (Wildman–Crippen LogP) is 1.62. The van der Waals surface area contributed by atoms with E-state index in [0.717, 1.165) is 5.56 Å². The fourth-order valence-corrected chi connectivity index (χ4v) is 2.39. The molecule has 2 heterocycles. The Bertz CT molecular complexity index is 806. The first-order chi connectivity index (χ1) is 10.1. The summed E-state index contributed by atoms with van der Waals surface area (Å²) >= 11 is 0. The lowest BCUT2D eigenvalue weighted by Gasteiger charge is -2.26. The summed E-state index contributed by atoms with van der Waals surface area (Å²) in [6.07, 6.45) is 0. The second kappa shape index (κ2) is 4.90. The third-order valence-corrected chi connectivity index (χ3v) is 3.35. The van der Waals surface area contributed by atoms with Crippen molar-refractivity contribution >= 4 is 17.4 Å². The first-order valence-electron chi connectivity index (χ1n) is 6.51. The normalized spacial score (nSPS) is 13.2. The highest BCUT2D eigenvalue weighted by Crippen LogP contribution is 2.27. The van der Waals surface area contributed by atoms with Gasteiger partial charge in [-0.05, 0) is 12.5 Å². The van der Waals surface area contributed by atoms with Crippen LogP contribution in [-0.4, -0.2) is 15.3 Å². The first kappa shape index (κ1) is 13.1. The summed E-state index contributed by atoms with van der Waals surface area (Å²) in [5.74, 6) is 0.271. The second-order valence-corrected chi connectivity index (χ2v) is 4.77. The van der Waals surface area contributed by atoms with Crippen molar-refractivity contribution in [1.82, 2.24) is 15.0 Å². The Balaban J connectivity index is 2.32. The van der Waals surface area contributed by atoms with Gasteiger partial charge in [-0.1, -0.05) is 30.3 Å². The maximum atomic E-state index is 11.8. The number of benzene rings is 1. The molecule has 21 heavy (non-hydrogen) atoms. The lowest BCUT2D eigenvalue weighted by molar-refractivity contribution is -0.113. The molecule has 0 bridgehead atoms. The molecule has 0 unspecified atom stereocenters. The van der Waals surface area contributed by atoms with Gasteiger partial charge in [0.05, 0.1) is 11.4 Å². The third-order valence-electron chi connectivity index (χ3n) is 3.35. The number of Topliss-reactive ketones (excluding diaryl/α,β-unsaturated/α-hetero) is 1. The average Bonchev–Trinajstić information content (AvgIpc) is 2.47. The maximum absolute atomic E-state index is 11.8. The van der Waals surface area contributed by atoms with E-state index >= 15 is 0 Å². The summed E-state index contributed by atoms with van der Waals surface area (Å²) in [7, 11) is 0. The monoisotopic (exact) mass is 282 g/mol. The molecule has 0 amide bonds. The Morgan fingerprint density at radius 2 is 1.90 bits per heavy atom. The van der Waals surface area contributed by atoms with Crippen molar-refractivity contribution in [3.8, 4) is 11.3 Å². The van der Waals surface area contributed by atoms with Gasteiger partial charge in [0.15, 0.2) is 5.78 Å². The average molecular weight is 282 g/mol. The first-order valence-corrected chi connectivity index (χ1v) is 6.51. The number of hydrogen-bond donors (Lipinski definition) is 2. The summed E-state index contributed by atoms with van der Waals surface area (Å²) in [5.41, 5.74) is 7.96. The van der Waals surface area contributed by atoms with E-state index in [0.29, 0.717) is 23.0 Å². The van der Waals surface area contributed by atoms with Crippen LogP contribution in [0.15, 0.2) is 46.9 Å². The van der Waals surface area contributed by atoms with Crippen LogP contribution in [0, 0.1) is 0 Å². The van der Waals surface area contributed by atoms with Crippen LogP contribution >= 0.6 is 0 Å². The van der Waals surface area contributed by atoms with Crippen molar-refractivity contribution in [3.05, 3.63) is 52.4 Å². The molecule has 1 aromatic heterocycles. The van der Waals surface area contributed by atoms with E-state index in [9.17, 15) is 9.59 Å². The van der Waals surface area contributed by atoms with Gasteiger partial charge >= 0.3 is 0 Å². The van der Waals surface area contributed by atoms with Gasteiger partial charge in [-0.3, -0.25) is 25.0 Å². The highest BCUT2D eigenvalue weighted by Gasteiger charge is 2.21. The molecule has 0 saturated carbocycles. The van der Waals surface area contributed by atoms with Crippen molar-refractivity contribution in [2.45, 2.75) is 13.8 Å².